The van der Waals surface area contributed by atoms with Gasteiger partial charge in [-0.3, -0.25) is 4.40 Å². The number of carboxylic acid groups (broad SMARTS) is 1. The molecule has 6 heteroatoms. The second-order valence-corrected chi connectivity index (χ2v) is 3.37. The number of fused-ring (bicyclic) bond motifs is 1. The SMILES string of the molecule is N=C(/C=C\N)c1ccn2c(C(=O)O)cnc2c1. The first kappa shape index (κ1) is 10.9. The average Bonchev–Trinajstić information content (AvgIpc) is 2.71. The molecule has 0 saturated carbocycles. The zero-order valence-corrected chi connectivity index (χ0v) is 8.79. The van der Waals surface area contributed by atoms with Crippen molar-refractivity contribution in [2.24, 2.45) is 5.73 Å². The van der Waals surface area contributed by atoms with Crippen LogP contribution in [0, 0.1) is 5.41 Å². The molecule has 2 heterocycles. The van der Waals surface area contributed by atoms with E-state index in [2.05, 4.69) is 4.98 Å². The lowest BCUT2D eigenvalue weighted by molar-refractivity contribution is 0.0689. The van der Waals surface area contributed by atoms with E-state index in [0.29, 0.717) is 11.2 Å². The molecule has 0 fully saturated rings. The number of nitrogens with zero attached hydrogens (tertiary/aromatic N) is 2. The van der Waals surface area contributed by atoms with Crippen molar-refractivity contribution in [2.45, 2.75) is 0 Å². The summed E-state index contributed by atoms with van der Waals surface area (Å²) >= 11 is 0. The summed E-state index contributed by atoms with van der Waals surface area (Å²) in [5, 5.41) is 16.6. The number of carboxylic acids is 1. The van der Waals surface area contributed by atoms with Gasteiger partial charge in [0.25, 0.3) is 0 Å². The van der Waals surface area contributed by atoms with Gasteiger partial charge in [0.1, 0.15) is 5.65 Å². The van der Waals surface area contributed by atoms with E-state index < -0.39 is 5.97 Å². The number of aromatic carboxylic acids is 1. The fraction of sp³-hybridized carbons (Fsp3) is 0. The van der Waals surface area contributed by atoms with Gasteiger partial charge in [0.05, 0.1) is 11.9 Å². The van der Waals surface area contributed by atoms with Gasteiger partial charge in [0.2, 0.25) is 0 Å². The molecule has 2 rings (SSSR count). The van der Waals surface area contributed by atoms with Crippen LogP contribution in [0.25, 0.3) is 5.65 Å². The molecule has 86 valence electrons. The average molecular weight is 230 g/mol. The first-order valence-corrected chi connectivity index (χ1v) is 4.81. The van der Waals surface area contributed by atoms with Gasteiger partial charge in [-0.2, -0.15) is 0 Å². The Morgan fingerprint density at radius 2 is 2.35 bits per heavy atom. The zero-order chi connectivity index (χ0) is 12.4. The number of nitrogens with two attached hydrogens (primary N) is 1. The quantitative estimate of drug-likeness (QED) is 0.680. The highest BCUT2D eigenvalue weighted by molar-refractivity contribution is 6.07. The number of allylic oxidation sites excluding steroid dienone is 1. The zero-order valence-electron chi connectivity index (χ0n) is 8.79. The minimum atomic E-state index is -1.04. The van der Waals surface area contributed by atoms with E-state index in [1.165, 1.54) is 22.9 Å². The van der Waals surface area contributed by atoms with Crippen molar-refractivity contribution in [3.8, 4) is 0 Å². The van der Waals surface area contributed by atoms with Crippen molar-refractivity contribution in [3.05, 3.63) is 48.1 Å². The maximum absolute atomic E-state index is 10.9. The summed E-state index contributed by atoms with van der Waals surface area (Å²) < 4.78 is 1.45. The molecule has 6 nitrogen and oxygen atoms in total. The lowest BCUT2D eigenvalue weighted by Crippen LogP contribution is -2.03. The van der Waals surface area contributed by atoms with Gasteiger partial charge in [0, 0.05) is 11.8 Å². The van der Waals surface area contributed by atoms with Crippen molar-refractivity contribution in [2.75, 3.05) is 0 Å². The van der Waals surface area contributed by atoms with Crippen LogP contribution in [0.2, 0.25) is 0 Å². The van der Waals surface area contributed by atoms with Crippen molar-refractivity contribution in [1.82, 2.24) is 9.38 Å². The van der Waals surface area contributed by atoms with Crippen LogP contribution in [0.4, 0.5) is 0 Å². The molecule has 0 saturated heterocycles. The molecule has 0 spiro atoms. The van der Waals surface area contributed by atoms with Gasteiger partial charge in [-0.15, -0.1) is 0 Å². The maximum atomic E-state index is 10.9. The third kappa shape index (κ3) is 1.87. The number of nitrogens with one attached hydrogen (secondary N) is 1. The monoisotopic (exact) mass is 230 g/mol. The smallest absolute Gasteiger partial charge is 0.354 e. The summed E-state index contributed by atoms with van der Waals surface area (Å²) in [6.07, 6.45) is 5.58. The Morgan fingerprint density at radius 3 is 3.00 bits per heavy atom. The Labute approximate surface area is 96.5 Å². The number of rotatable bonds is 3. The largest absolute Gasteiger partial charge is 0.477 e. The highest BCUT2D eigenvalue weighted by Crippen LogP contribution is 2.10. The highest BCUT2D eigenvalue weighted by atomic mass is 16.4. The maximum Gasteiger partial charge on any atom is 0.354 e. The molecular formula is C11H10N4O2. The van der Waals surface area contributed by atoms with Crippen LogP contribution in [-0.2, 0) is 0 Å². The molecule has 0 aliphatic carbocycles. The van der Waals surface area contributed by atoms with E-state index in [1.807, 2.05) is 0 Å². The van der Waals surface area contributed by atoms with Gasteiger partial charge in [0.15, 0.2) is 5.69 Å². The fourth-order valence-corrected chi connectivity index (χ4v) is 1.50. The molecule has 2 aromatic rings. The summed E-state index contributed by atoms with van der Waals surface area (Å²) in [5.41, 5.74) is 6.65. The molecule has 17 heavy (non-hydrogen) atoms. The van der Waals surface area contributed by atoms with E-state index in [9.17, 15) is 4.79 Å². The van der Waals surface area contributed by atoms with Crippen molar-refractivity contribution in [1.29, 1.82) is 5.41 Å². The normalized spacial score (nSPS) is 11.1. The van der Waals surface area contributed by atoms with Crippen LogP contribution in [0.15, 0.2) is 36.8 Å². The van der Waals surface area contributed by atoms with E-state index in [1.54, 1.807) is 18.3 Å². The predicted octanol–water partition coefficient (Wildman–Crippen LogP) is 0.873. The molecular weight excluding hydrogens is 220 g/mol. The molecule has 0 bridgehead atoms. The van der Waals surface area contributed by atoms with Gasteiger partial charge >= 0.3 is 5.97 Å². The molecule has 0 unspecified atom stereocenters. The molecule has 4 N–H and O–H groups in total. The van der Waals surface area contributed by atoms with Crippen LogP contribution < -0.4 is 5.73 Å². The highest BCUT2D eigenvalue weighted by Gasteiger charge is 2.10. The Balaban J connectivity index is 2.53. The Kier molecular flexibility index (Phi) is 2.61. The Morgan fingerprint density at radius 1 is 1.59 bits per heavy atom. The molecule has 2 aromatic heterocycles. The molecule has 0 amide bonds. The second kappa shape index (κ2) is 4.09. The van der Waals surface area contributed by atoms with E-state index in [4.69, 9.17) is 16.2 Å². The predicted molar refractivity (Wildman–Crippen MR) is 62.3 cm³/mol. The molecule has 0 aliphatic rings. The molecule has 0 radical (unpaired) electrons. The number of hydrogen-bond donors (Lipinski definition) is 3. The van der Waals surface area contributed by atoms with E-state index in [0.717, 1.165) is 0 Å². The second-order valence-electron chi connectivity index (χ2n) is 3.37. The summed E-state index contributed by atoms with van der Waals surface area (Å²) in [7, 11) is 0. The third-order valence-electron chi connectivity index (χ3n) is 2.31. The summed E-state index contributed by atoms with van der Waals surface area (Å²) in [5.74, 6) is -1.04. The standard InChI is InChI=1S/C11H10N4O2/c12-3-1-8(13)7-2-4-15-9(11(16)17)6-14-10(15)5-7/h1-6,13H,12H2,(H,16,17)/b3-1-,13-8?. The molecule has 0 atom stereocenters. The number of hydrogen-bond acceptors (Lipinski definition) is 4. The molecule has 0 aliphatic heterocycles. The van der Waals surface area contributed by atoms with Crippen LogP contribution in [-0.4, -0.2) is 26.2 Å². The van der Waals surface area contributed by atoms with Gasteiger partial charge in [-0.25, -0.2) is 9.78 Å². The minimum Gasteiger partial charge on any atom is -0.477 e. The van der Waals surface area contributed by atoms with Crippen molar-refractivity contribution in [3.63, 3.8) is 0 Å². The first-order chi connectivity index (χ1) is 8.13. The van der Waals surface area contributed by atoms with E-state index in [-0.39, 0.29) is 11.4 Å². The van der Waals surface area contributed by atoms with Gasteiger partial charge in [-0.05, 0) is 24.4 Å². The lowest BCUT2D eigenvalue weighted by atomic mass is 10.1. The first-order valence-electron chi connectivity index (χ1n) is 4.81. The number of aromatic nitrogens is 2. The van der Waals surface area contributed by atoms with Crippen LogP contribution in [0.1, 0.15) is 16.1 Å². The topological polar surface area (TPSA) is 104 Å². The summed E-state index contributed by atoms with van der Waals surface area (Å²) in [4.78, 5) is 14.8. The van der Waals surface area contributed by atoms with Gasteiger partial charge in [-0.1, -0.05) is 0 Å². The lowest BCUT2D eigenvalue weighted by Gasteiger charge is -2.01. The van der Waals surface area contributed by atoms with Crippen LogP contribution in [0.5, 0.6) is 0 Å². The summed E-state index contributed by atoms with van der Waals surface area (Å²) in [6, 6.07) is 3.28. The summed E-state index contributed by atoms with van der Waals surface area (Å²) in [6.45, 7) is 0. The number of imidazole rings is 1. The number of pyridine rings is 1. The number of carbonyl (C=O) groups is 1. The Bertz CT molecular complexity index is 627. The van der Waals surface area contributed by atoms with Crippen molar-refractivity contribution < 1.29 is 9.90 Å². The minimum absolute atomic E-state index is 0.0902. The van der Waals surface area contributed by atoms with Gasteiger partial charge < -0.3 is 16.2 Å². The Hall–Kier alpha value is -2.63. The molecule has 0 aromatic carbocycles. The fourth-order valence-electron chi connectivity index (χ4n) is 1.50. The van der Waals surface area contributed by atoms with Crippen LogP contribution >= 0.6 is 0 Å². The van der Waals surface area contributed by atoms with Crippen LogP contribution in [0.3, 0.4) is 0 Å². The van der Waals surface area contributed by atoms with Crippen molar-refractivity contribution >= 4 is 17.3 Å². The third-order valence-corrected chi connectivity index (χ3v) is 2.31. The van der Waals surface area contributed by atoms with E-state index >= 15 is 0 Å².